The number of fused-ring (bicyclic) bond motifs is 3. The summed E-state index contributed by atoms with van der Waals surface area (Å²) in [5.41, 5.74) is -0.938. The average Bonchev–Trinajstić information content (AvgIpc) is 3.14. The molecule has 3 saturated carbocycles. The maximum atomic E-state index is 14.0. The van der Waals surface area contributed by atoms with Gasteiger partial charge in [-0.25, -0.2) is 13.8 Å². The van der Waals surface area contributed by atoms with Gasteiger partial charge in [-0.3, -0.25) is 9.59 Å². The lowest BCUT2D eigenvalue weighted by Crippen LogP contribution is -2.53. The summed E-state index contributed by atoms with van der Waals surface area (Å²) in [4.78, 5) is 28.8. The average molecular weight is 385 g/mol. The van der Waals surface area contributed by atoms with Crippen molar-refractivity contribution in [3.05, 3.63) is 41.9 Å². The molecule has 5 rings (SSSR count). The van der Waals surface area contributed by atoms with Crippen LogP contribution in [0.4, 0.5) is 8.78 Å². The zero-order valence-corrected chi connectivity index (χ0v) is 14.9. The zero-order valence-electron chi connectivity index (χ0n) is 14.9. The Bertz CT molecular complexity index is 997. The fraction of sp³-hybridized carbons (Fsp3) is 0.400. The van der Waals surface area contributed by atoms with Gasteiger partial charge in [0.2, 0.25) is 5.91 Å². The van der Waals surface area contributed by atoms with E-state index in [1.807, 2.05) is 0 Å². The number of hydrogen-bond acceptors (Lipinski definition) is 5. The third-order valence-corrected chi connectivity index (χ3v) is 5.87. The lowest BCUT2D eigenvalue weighted by molar-refractivity contribution is -0.144. The Labute approximate surface area is 159 Å². The van der Waals surface area contributed by atoms with Crippen molar-refractivity contribution in [2.75, 3.05) is 0 Å². The molecule has 28 heavy (non-hydrogen) atoms. The Kier molecular flexibility index (Phi) is 4.46. The number of halogens is 2. The normalized spacial score (nSPS) is 26.1. The number of carbonyl (C=O) groups is 2. The van der Waals surface area contributed by atoms with Gasteiger partial charge in [-0.2, -0.15) is 5.26 Å². The number of rotatable bonds is 4. The van der Waals surface area contributed by atoms with Crippen LogP contribution in [0.15, 0.2) is 29.0 Å². The van der Waals surface area contributed by atoms with Gasteiger partial charge < -0.3 is 9.73 Å². The highest BCUT2D eigenvalue weighted by Crippen LogP contribution is 2.51. The van der Waals surface area contributed by atoms with Crippen LogP contribution < -0.4 is 5.32 Å². The third kappa shape index (κ3) is 2.87. The molecule has 3 aliphatic carbocycles. The van der Waals surface area contributed by atoms with Gasteiger partial charge in [-0.1, -0.05) is 0 Å². The summed E-state index contributed by atoms with van der Waals surface area (Å²) in [6.45, 7) is -0.0732. The highest BCUT2D eigenvalue weighted by Gasteiger charge is 2.55. The monoisotopic (exact) mass is 385 g/mol. The summed E-state index contributed by atoms with van der Waals surface area (Å²) in [6, 6.07) is 5.22. The minimum Gasteiger partial charge on any atom is -0.443 e. The Morgan fingerprint density at radius 1 is 1.39 bits per heavy atom. The molecule has 1 aromatic heterocycles. The second kappa shape index (κ2) is 6.82. The second-order valence-electron chi connectivity index (χ2n) is 7.36. The fourth-order valence-electron chi connectivity index (χ4n) is 4.34. The number of oxazole rings is 1. The molecule has 0 saturated heterocycles. The van der Waals surface area contributed by atoms with Gasteiger partial charge in [-0.05, 0) is 37.3 Å². The Balaban J connectivity index is 1.53. The van der Waals surface area contributed by atoms with Crippen LogP contribution in [0, 0.1) is 40.2 Å². The number of nitriles is 1. The van der Waals surface area contributed by atoms with Crippen molar-refractivity contribution in [2.24, 2.45) is 17.3 Å². The number of carbonyl (C=O) groups excluding carboxylic acids is 2. The molecule has 0 spiro atoms. The first kappa shape index (κ1) is 18.3. The molecule has 2 bridgehead atoms. The van der Waals surface area contributed by atoms with E-state index >= 15 is 0 Å². The third-order valence-electron chi connectivity index (χ3n) is 5.87. The maximum absolute atomic E-state index is 14.0. The molecular formula is C20H17F2N3O3. The smallest absolute Gasteiger partial charge is 0.241 e. The molecule has 3 aliphatic rings. The summed E-state index contributed by atoms with van der Waals surface area (Å²) in [6.07, 6.45) is 2.99. The largest absolute Gasteiger partial charge is 0.443 e. The minimum absolute atomic E-state index is 0.0282. The van der Waals surface area contributed by atoms with Gasteiger partial charge in [0.15, 0.2) is 12.2 Å². The molecule has 0 radical (unpaired) electrons. The van der Waals surface area contributed by atoms with E-state index in [0.29, 0.717) is 6.42 Å². The highest BCUT2D eigenvalue weighted by atomic mass is 19.1. The number of Topliss-reactive ketones (excluding diaryl/α,β-unsaturated/α-hetero) is 1. The quantitative estimate of drug-likeness (QED) is 0.872. The molecule has 3 unspecified atom stereocenters. The molecule has 1 N–H and O–H groups in total. The molecule has 3 atom stereocenters. The standard InChI is InChI=1S/C20H17F2N3O3/c21-13-3-4-14(15(22)6-13)18-16(25-10-28-18)8-24-19(27)20(9-23)7-11-1-2-12(20)5-17(11)26/h3-4,6,10-12H,1-2,5,7-8H2,(H,24,27). The Morgan fingerprint density at radius 2 is 2.21 bits per heavy atom. The number of nitrogens with zero attached hydrogens (tertiary/aromatic N) is 2. The second-order valence-corrected chi connectivity index (χ2v) is 7.36. The lowest BCUT2D eigenvalue weighted by atomic mass is 9.55. The van der Waals surface area contributed by atoms with Crippen LogP contribution in [0.1, 0.15) is 31.4 Å². The van der Waals surface area contributed by atoms with Crippen molar-refractivity contribution in [1.82, 2.24) is 10.3 Å². The van der Waals surface area contributed by atoms with Gasteiger partial charge in [0.05, 0.1) is 18.2 Å². The molecule has 0 aliphatic heterocycles. The summed E-state index contributed by atoms with van der Waals surface area (Å²) >= 11 is 0. The van der Waals surface area contributed by atoms with Gasteiger partial charge in [-0.15, -0.1) is 0 Å². The van der Waals surface area contributed by atoms with Crippen LogP contribution in [-0.2, 0) is 16.1 Å². The predicted molar refractivity (Wildman–Crippen MR) is 92.2 cm³/mol. The van der Waals surface area contributed by atoms with Crippen LogP contribution >= 0.6 is 0 Å². The molecule has 6 nitrogen and oxygen atoms in total. The molecule has 3 fully saturated rings. The first-order valence-electron chi connectivity index (χ1n) is 9.04. The highest BCUT2D eigenvalue weighted by molar-refractivity contribution is 5.91. The molecular weight excluding hydrogens is 368 g/mol. The maximum Gasteiger partial charge on any atom is 0.241 e. The van der Waals surface area contributed by atoms with Crippen molar-refractivity contribution in [2.45, 2.75) is 32.2 Å². The van der Waals surface area contributed by atoms with E-state index in [2.05, 4.69) is 16.4 Å². The first-order valence-corrected chi connectivity index (χ1v) is 9.04. The van der Waals surface area contributed by atoms with Crippen molar-refractivity contribution < 1.29 is 22.8 Å². The van der Waals surface area contributed by atoms with Crippen molar-refractivity contribution in [3.8, 4) is 17.4 Å². The van der Waals surface area contributed by atoms with Gasteiger partial charge in [0, 0.05) is 18.4 Å². The molecule has 144 valence electrons. The van der Waals surface area contributed by atoms with E-state index in [0.717, 1.165) is 24.9 Å². The number of amides is 1. The molecule has 2 aromatic rings. The van der Waals surface area contributed by atoms with Crippen LogP contribution in [0.3, 0.4) is 0 Å². The van der Waals surface area contributed by atoms with Gasteiger partial charge in [0.25, 0.3) is 0 Å². The lowest BCUT2D eigenvalue weighted by Gasteiger charge is -2.45. The number of aromatic nitrogens is 1. The van der Waals surface area contributed by atoms with Crippen molar-refractivity contribution in [3.63, 3.8) is 0 Å². The van der Waals surface area contributed by atoms with Crippen molar-refractivity contribution >= 4 is 11.7 Å². The minimum atomic E-state index is -1.23. The van der Waals surface area contributed by atoms with Crippen LogP contribution in [0.2, 0.25) is 0 Å². The zero-order chi connectivity index (χ0) is 19.9. The van der Waals surface area contributed by atoms with Gasteiger partial charge >= 0.3 is 0 Å². The van der Waals surface area contributed by atoms with E-state index < -0.39 is 23.0 Å². The summed E-state index contributed by atoms with van der Waals surface area (Å²) in [5.74, 6) is -2.29. The van der Waals surface area contributed by atoms with E-state index in [1.165, 1.54) is 6.07 Å². The predicted octanol–water partition coefficient (Wildman–Crippen LogP) is 3.14. The molecule has 1 heterocycles. The first-order chi connectivity index (χ1) is 13.4. The molecule has 8 heteroatoms. The van der Waals surface area contributed by atoms with Crippen LogP contribution in [-0.4, -0.2) is 16.7 Å². The summed E-state index contributed by atoms with van der Waals surface area (Å²) < 4.78 is 32.4. The number of ketones is 1. The summed E-state index contributed by atoms with van der Waals surface area (Å²) in [5, 5.41) is 12.4. The Hall–Kier alpha value is -3.08. The number of nitrogens with one attached hydrogen (secondary N) is 1. The number of hydrogen-bond donors (Lipinski definition) is 1. The molecule has 1 amide bonds. The summed E-state index contributed by atoms with van der Waals surface area (Å²) in [7, 11) is 0. The fourth-order valence-corrected chi connectivity index (χ4v) is 4.34. The Morgan fingerprint density at radius 3 is 2.86 bits per heavy atom. The van der Waals surface area contributed by atoms with Gasteiger partial charge in [0.1, 0.15) is 28.5 Å². The van der Waals surface area contributed by atoms with E-state index in [1.54, 1.807) is 0 Å². The van der Waals surface area contributed by atoms with E-state index in [4.69, 9.17) is 4.42 Å². The van der Waals surface area contributed by atoms with E-state index in [9.17, 15) is 23.6 Å². The molecule has 1 aromatic carbocycles. The number of benzene rings is 1. The van der Waals surface area contributed by atoms with E-state index in [-0.39, 0.29) is 54.0 Å². The van der Waals surface area contributed by atoms with Crippen LogP contribution in [0.25, 0.3) is 11.3 Å². The SMILES string of the molecule is N#CC1(C(=O)NCc2ncoc2-c2ccc(F)cc2F)CC2CCC1CC2=O. The van der Waals surface area contributed by atoms with Crippen molar-refractivity contribution in [1.29, 1.82) is 5.26 Å². The van der Waals surface area contributed by atoms with Crippen LogP contribution in [0.5, 0.6) is 0 Å². The topological polar surface area (TPSA) is 96.0 Å².